The van der Waals surface area contributed by atoms with E-state index in [0.717, 1.165) is 67.4 Å². The summed E-state index contributed by atoms with van der Waals surface area (Å²) in [6.07, 6.45) is 2.70. The van der Waals surface area contributed by atoms with Crippen LogP contribution in [0.15, 0.2) is 18.2 Å². The van der Waals surface area contributed by atoms with Gasteiger partial charge in [-0.25, -0.2) is 14.4 Å². The number of anilines is 1. The first-order valence-electron chi connectivity index (χ1n) is 10.9. The van der Waals surface area contributed by atoms with Gasteiger partial charge in [0.2, 0.25) is 5.91 Å². The fourth-order valence-electron chi connectivity index (χ4n) is 4.19. The van der Waals surface area contributed by atoms with E-state index in [1.165, 1.54) is 12.1 Å². The molecule has 164 valence electrons. The molecule has 5 rings (SSSR count). The van der Waals surface area contributed by atoms with E-state index in [4.69, 9.17) is 21.6 Å². The summed E-state index contributed by atoms with van der Waals surface area (Å²) in [7, 11) is 0. The number of benzene rings is 1. The molecule has 31 heavy (non-hydrogen) atoms. The smallest absolute Gasteiger partial charge is 0.225 e. The van der Waals surface area contributed by atoms with Crippen LogP contribution in [0.1, 0.15) is 41.5 Å². The first kappa shape index (κ1) is 20.6. The van der Waals surface area contributed by atoms with Crippen molar-refractivity contribution in [2.24, 2.45) is 5.92 Å². The second-order valence-electron chi connectivity index (χ2n) is 8.44. The van der Waals surface area contributed by atoms with Crippen molar-refractivity contribution in [3.05, 3.63) is 51.7 Å². The number of fused-ring (bicyclic) bond motifs is 1. The number of nitrogens with zero attached hydrogens (tertiary/aromatic N) is 3. The summed E-state index contributed by atoms with van der Waals surface area (Å²) in [4.78, 5) is 24.3. The maximum absolute atomic E-state index is 13.4. The van der Waals surface area contributed by atoms with E-state index in [0.29, 0.717) is 24.7 Å². The van der Waals surface area contributed by atoms with Crippen LogP contribution in [0.3, 0.4) is 0 Å². The molecule has 2 aromatic rings. The number of hydrogen-bond acceptors (Lipinski definition) is 6. The minimum atomic E-state index is -0.361. The molecule has 1 aliphatic carbocycles. The molecule has 2 fully saturated rings. The number of carbonyl (C=O) groups excluding carboxylic acids is 1. The summed E-state index contributed by atoms with van der Waals surface area (Å²) >= 11 is 6.21. The molecular formula is C22H26ClFN6O. The predicted molar refractivity (Wildman–Crippen MR) is 116 cm³/mol. The van der Waals surface area contributed by atoms with Crippen LogP contribution in [0.25, 0.3) is 0 Å². The highest BCUT2D eigenvalue weighted by molar-refractivity contribution is 6.31. The predicted octanol–water partition coefficient (Wildman–Crippen LogP) is 2.41. The molecule has 7 nitrogen and oxygen atoms in total. The van der Waals surface area contributed by atoms with Gasteiger partial charge in [0, 0.05) is 55.6 Å². The molecule has 1 aromatic heterocycles. The zero-order chi connectivity index (χ0) is 21.4. The number of amides is 1. The average molecular weight is 445 g/mol. The van der Waals surface area contributed by atoms with Crippen molar-refractivity contribution >= 4 is 23.3 Å². The van der Waals surface area contributed by atoms with Crippen LogP contribution in [0.5, 0.6) is 0 Å². The monoisotopic (exact) mass is 444 g/mol. The lowest BCUT2D eigenvalue weighted by atomic mass is 10.0. The van der Waals surface area contributed by atoms with Gasteiger partial charge in [-0.2, -0.15) is 0 Å². The van der Waals surface area contributed by atoms with Crippen molar-refractivity contribution in [1.29, 1.82) is 0 Å². The van der Waals surface area contributed by atoms with Gasteiger partial charge in [0.05, 0.1) is 18.3 Å². The van der Waals surface area contributed by atoms with Crippen LogP contribution < -0.4 is 16.0 Å². The van der Waals surface area contributed by atoms with Crippen LogP contribution in [0.4, 0.5) is 10.2 Å². The second-order valence-corrected chi connectivity index (χ2v) is 8.85. The van der Waals surface area contributed by atoms with Gasteiger partial charge in [0.1, 0.15) is 17.5 Å². The van der Waals surface area contributed by atoms with E-state index >= 15 is 0 Å². The van der Waals surface area contributed by atoms with Gasteiger partial charge in [-0.05, 0) is 30.5 Å². The van der Waals surface area contributed by atoms with E-state index < -0.39 is 0 Å². The quantitative estimate of drug-likeness (QED) is 0.657. The maximum Gasteiger partial charge on any atom is 0.225 e. The fraction of sp³-hybridized carbons (Fsp3) is 0.500. The number of aromatic nitrogens is 2. The van der Waals surface area contributed by atoms with Gasteiger partial charge in [-0.3, -0.25) is 4.79 Å². The topological polar surface area (TPSA) is 82.2 Å². The molecule has 9 heteroatoms. The summed E-state index contributed by atoms with van der Waals surface area (Å²) in [5.74, 6) is 1.54. The van der Waals surface area contributed by atoms with Crippen LogP contribution >= 0.6 is 11.6 Å². The van der Waals surface area contributed by atoms with E-state index in [1.54, 1.807) is 6.07 Å². The minimum Gasteiger partial charge on any atom is -0.366 e. The van der Waals surface area contributed by atoms with Crippen LogP contribution in [-0.2, 0) is 24.3 Å². The lowest BCUT2D eigenvalue weighted by molar-refractivity contribution is -0.133. The molecule has 3 heterocycles. The van der Waals surface area contributed by atoms with Crippen LogP contribution in [0, 0.1) is 11.7 Å². The van der Waals surface area contributed by atoms with Crippen molar-refractivity contribution in [1.82, 2.24) is 25.5 Å². The molecule has 3 N–H and O–H groups in total. The van der Waals surface area contributed by atoms with E-state index in [9.17, 15) is 9.18 Å². The van der Waals surface area contributed by atoms with Gasteiger partial charge in [0.15, 0.2) is 0 Å². The number of hydrogen-bond donors (Lipinski definition) is 3. The molecule has 0 bridgehead atoms. The highest BCUT2D eigenvalue weighted by Gasteiger charge is 2.36. The fourth-order valence-corrected chi connectivity index (χ4v) is 4.43. The first-order chi connectivity index (χ1) is 15.1. The van der Waals surface area contributed by atoms with Crippen molar-refractivity contribution < 1.29 is 9.18 Å². The Balaban J connectivity index is 1.43. The summed E-state index contributed by atoms with van der Waals surface area (Å²) in [6.45, 7) is 4.18. The standard InChI is InChI=1S/C22H26ClFN6O/c23-17-9-15(24)4-3-14(17)10-27-20-16-12-30(22(31)13-1-2-13)8-5-18(16)28-21(29-20)19-11-25-6-7-26-19/h3-4,9,13,19,25-26H,1-2,5-8,10-12H2,(H,27,28,29). The van der Waals surface area contributed by atoms with Gasteiger partial charge in [0.25, 0.3) is 0 Å². The van der Waals surface area contributed by atoms with Crippen LogP contribution in [0.2, 0.25) is 5.02 Å². The summed E-state index contributed by atoms with van der Waals surface area (Å²) < 4.78 is 13.4. The van der Waals surface area contributed by atoms with E-state index in [2.05, 4.69) is 16.0 Å². The largest absolute Gasteiger partial charge is 0.366 e. The molecule has 1 saturated heterocycles. The Labute approximate surface area is 185 Å². The zero-order valence-corrected chi connectivity index (χ0v) is 18.0. The van der Waals surface area contributed by atoms with E-state index in [1.807, 2.05) is 4.90 Å². The number of rotatable bonds is 5. The average Bonchev–Trinajstić information content (AvgIpc) is 3.63. The third kappa shape index (κ3) is 4.51. The normalized spacial score (nSPS) is 21.0. The molecule has 0 radical (unpaired) electrons. The Bertz CT molecular complexity index is 992. The first-order valence-corrected chi connectivity index (χ1v) is 11.3. The molecule has 1 amide bonds. The molecule has 2 aliphatic heterocycles. The van der Waals surface area contributed by atoms with Crippen molar-refractivity contribution in [3.8, 4) is 0 Å². The van der Waals surface area contributed by atoms with Gasteiger partial charge >= 0.3 is 0 Å². The highest BCUT2D eigenvalue weighted by atomic mass is 35.5. The molecule has 1 unspecified atom stereocenters. The minimum absolute atomic E-state index is 0.0418. The number of halogens is 2. The van der Waals surface area contributed by atoms with Gasteiger partial charge in [-0.1, -0.05) is 17.7 Å². The lowest BCUT2D eigenvalue weighted by Crippen LogP contribution is -2.44. The van der Waals surface area contributed by atoms with Gasteiger partial charge in [-0.15, -0.1) is 0 Å². The maximum atomic E-state index is 13.4. The third-order valence-corrected chi connectivity index (χ3v) is 6.48. The zero-order valence-electron chi connectivity index (χ0n) is 17.3. The molecule has 3 aliphatic rings. The van der Waals surface area contributed by atoms with Crippen molar-refractivity contribution in [2.45, 2.75) is 38.4 Å². The summed E-state index contributed by atoms with van der Waals surface area (Å²) in [6, 6.07) is 4.43. The Hall–Kier alpha value is -2.29. The number of nitrogens with one attached hydrogen (secondary N) is 3. The number of carbonyl (C=O) groups is 1. The Morgan fingerprint density at radius 1 is 1.29 bits per heavy atom. The Morgan fingerprint density at radius 2 is 2.16 bits per heavy atom. The second kappa shape index (κ2) is 8.68. The Kier molecular flexibility index (Phi) is 5.77. The molecule has 0 spiro atoms. The molecular weight excluding hydrogens is 419 g/mol. The third-order valence-electron chi connectivity index (χ3n) is 6.13. The summed E-state index contributed by atoms with van der Waals surface area (Å²) in [5, 5.41) is 10.6. The van der Waals surface area contributed by atoms with Gasteiger partial charge < -0.3 is 20.9 Å². The molecule has 1 saturated carbocycles. The SMILES string of the molecule is O=C(C1CC1)N1CCc2nc(C3CNCCN3)nc(NCc3ccc(F)cc3Cl)c2C1. The van der Waals surface area contributed by atoms with E-state index in [-0.39, 0.29) is 23.7 Å². The van der Waals surface area contributed by atoms with Crippen molar-refractivity contribution in [2.75, 3.05) is 31.5 Å². The summed E-state index contributed by atoms with van der Waals surface area (Å²) in [5.41, 5.74) is 2.74. The molecule has 1 atom stereocenters. The number of piperazine rings is 1. The Morgan fingerprint density at radius 3 is 2.90 bits per heavy atom. The molecule has 1 aromatic carbocycles. The van der Waals surface area contributed by atoms with Crippen molar-refractivity contribution in [3.63, 3.8) is 0 Å². The lowest BCUT2D eigenvalue weighted by Gasteiger charge is -2.31. The van der Waals surface area contributed by atoms with Crippen LogP contribution in [-0.4, -0.2) is 47.0 Å². The highest BCUT2D eigenvalue weighted by Crippen LogP contribution is 2.34.